The number of thioether (sulfide) groups is 1. The molecule has 144 valence electrons. The largest absolute Gasteiger partial charge is 0.433 e. The summed E-state index contributed by atoms with van der Waals surface area (Å²) in [5.74, 6) is -0.293. The third-order valence-corrected chi connectivity index (χ3v) is 4.90. The smallest absolute Gasteiger partial charge is 0.350 e. The summed E-state index contributed by atoms with van der Waals surface area (Å²) in [7, 11) is 0. The number of rotatable bonds is 4. The second-order valence-corrected chi connectivity index (χ2v) is 6.72. The maximum Gasteiger partial charge on any atom is 0.433 e. The number of halogens is 4. The van der Waals surface area contributed by atoms with Crippen LogP contribution < -0.4 is 15.8 Å². The number of pyridine rings is 1. The van der Waals surface area contributed by atoms with Crippen molar-refractivity contribution in [2.75, 3.05) is 29.7 Å². The van der Waals surface area contributed by atoms with Crippen LogP contribution in [0, 0.1) is 5.82 Å². The number of aromatic nitrogens is 1. The van der Waals surface area contributed by atoms with Gasteiger partial charge in [0.2, 0.25) is 0 Å². The monoisotopic (exact) mass is 398 g/mol. The van der Waals surface area contributed by atoms with Crippen molar-refractivity contribution in [3.63, 3.8) is 0 Å². The lowest BCUT2D eigenvalue weighted by Gasteiger charge is -2.32. The maximum atomic E-state index is 13.0. The molecule has 2 N–H and O–H groups in total. The van der Waals surface area contributed by atoms with Crippen molar-refractivity contribution in [2.45, 2.75) is 12.6 Å². The fourth-order valence-corrected chi connectivity index (χ4v) is 3.36. The first kappa shape index (κ1) is 19.5. The van der Waals surface area contributed by atoms with Crippen LogP contribution in [0.25, 0.3) is 0 Å². The van der Waals surface area contributed by atoms with Crippen LogP contribution in [0.2, 0.25) is 0 Å². The first-order valence-corrected chi connectivity index (χ1v) is 9.42. The van der Waals surface area contributed by atoms with Gasteiger partial charge >= 0.3 is 6.18 Å². The van der Waals surface area contributed by atoms with Crippen LogP contribution in [0.1, 0.15) is 12.1 Å². The lowest BCUT2D eigenvalue weighted by molar-refractivity contribution is -0.141. The minimum atomic E-state index is -4.44. The Kier molecular flexibility index (Phi) is 5.91. The highest BCUT2D eigenvalue weighted by Crippen LogP contribution is 2.29. The molecule has 27 heavy (non-hydrogen) atoms. The Morgan fingerprint density at radius 2 is 1.93 bits per heavy atom. The zero-order valence-corrected chi connectivity index (χ0v) is 15.3. The van der Waals surface area contributed by atoms with Crippen molar-refractivity contribution >= 4 is 23.1 Å². The topological polar surface area (TPSA) is 40.2 Å². The molecule has 1 aliphatic heterocycles. The van der Waals surface area contributed by atoms with Crippen LogP contribution in [-0.4, -0.2) is 24.3 Å². The van der Waals surface area contributed by atoms with Gasteiger partial charge in [0, 0.05) is 18.8 Å². The molecule has 2 heterocycles. The van der Waals surface area contributed by atoms with E-state index in [1.54, 1.807) is 28.9 Å². The average molecular weight is 398 g/mol. The van der Waals surface area contributed by atoms with Crippen LogP contribution in [0.15, 0.2) is 53.2 Å². The summed E-state index contributed by atoms with van der Waals surface area (Å²) >= 11 is 1.56. The van der Waals surface area contributed by atoms with Crippen LogP contribution in [0.3, 0.4) is 0 Å². The highest BCUT2D eigenvalue weighted by Gasteiger charge is 2.32. The van der Waals surface area contributed by atoms with E-state index in [0.717, 1.165) is 28.8 Å². The van der Waals surface area contributed by atoms with Crippen molar-refractivity contribution in [1.82, 2.24) is 10.4 Å². The Balaban J connectivity index is 1.66. The molecule has 2 aromatic rings. The van der Waals surface area contributed by atoms with E-state index in [-0.39, 0.29) is 5.82 Å². The zero-order chi connectivity index (χ0) is 19.4. The van der Waals surface area contributed by atoms with Gasteiger partial charge in [0.05, 0.1) is 16.9 Å². The normalized spacial score (nSPS) is 17.0. The van der Waals surface area contributed by atoms with Crippen LogP contribution in [0.5, 0.6) is 0 Å². The van der Waals surface area contributed by atoms with E-state index in [0.29, 0.717) is 18.8 Å². The van der Waals surface area contributed by atoms with Crippen molar-refractivity contribution in [2.24, 2.45) is 0 Å². The molecule has 3 rings (SSSR count). The minimum Gasteiger partial charge on any atom is -0.350 e. The minimum absolute atomic E-state index is 0.293. The van der Waals surface area contributed by atoms with Crippen molar-refractivity contribution in [3.8, 4) is 0 Å². The quantitative estimate of drug-likeness (QED) is 0.735. The number of anilines is 2. The second kappa shape index (κ2) is 8.18. The number of hydrogen-bond donors (Lipinski definition) is 2. The average Bonchev–Trinajstić information content (AvgIpc) is 2.67. The van der Waals surface area contributed by atoms with Gasteiger partial charge in [-0.15, -0.1) is 11.8 Å². The molecule has 1 fully saturated rings. The molecular formula is C18H18F4N4S. The molecule has 1 aliphatic rings. The van der Waals surface area contributed by atoms with E-state index >= 15 is 0 Å². The SMILES string of the molecule is CSC(Nc1ccc(F)cc1)=C1CCN(c2ccc(C(F)(F)F)nc2)NC1. The van der Waals surface area contributed by atoms with Gasteiger partial charge in [-0.25, -0.2) is 14.8 Å². The molecule has 0 bridgehead atoms. The van der Waals surface area contributed by atoms with E-state index in [1.165, 1.54) is 24.4 Å². The van der Waals surface area contributed by atoms with Gasteiger partial charge in [0.1, 0.15) is 11.5 Å². The zero-order valence-electron chi connectivity index (χ0n) is 14.5. The molecule has 0 atom stereocenters. The molecule has 0 unspecified atom stereocenters. The third-order valence-electron chi connectivity index (χ3n) is 4.10. The Hall–Kier alpha value is -2.26. The highest BCUT2D eigenvalue weighted by atomic mass is 32.2. The van der Waals surface area contributed by atoms with E-state index < -0.39 is 11.9 Å². The molecular weight excluding hydrogens is 380 g/mol. The number of benzene rings is 1. The van der Waals surface area contributed by atoms with E-state index in [4.69, 9.17) is 0 Å². The van der Waals surface area contributed by atoms with Crippen LogP contribution >= 0.6 is 11.8 Å². The Morgan fingerprint density at radius 1 is 1.19 bits per heavy atom. The molecule has 1 aromatic carbocycles. The Labute approximate surface area is 158 Å². The molecule has 1 aromatic heterocycles. The van der Waals surface area contributed by atoms with Gasteiger partial charge in [0.15, 0.2) is 0 Å². The number of nitrogens with one attached hydrogen (secondary N) is 2. The van der Waals surface area contributed by atoms with Crippen molar-refractivity contribution in [1.29, 1.82) is 0 Å². The van der Waals surface area contributed by atoms with Gasteiger partial charge in [-0.3, -0.25) is 0 Å². The molecule has 0 amide bonds. The second-order valence-electron chi connectivity index (χ2n) is 5.90. The van der Waals surface area contributed by atoms with Gasteiger partial charge in [-0.2, -0.15) is 13.2 Å². The number of alkyl halides is 3. The maximum absolute atomic E-state index is 13.0. The molecule has 0 saturated carbocycles. The third kappa shape index (κ3) is 4.92. The molecule has 0 radical (unpaired) electrons. The standard InChI is InChI=1S/C18H18F4N4S/c1-27-17(25-14-4-2-13(19)3-5-14)12-8-9-26(24-10-12)15-6-7-16(23-11-15)18(20,21)22/h2-7,11,24-25H,8-10H2,1H3. The number of hydrogen-bond acceptors (Lipinski definition) is 5. The molecule has 0 spiro atoms. The van der Waals surface area contributed by atoms with E-state index in [1.807, 2.05) is 6.26 Å². The number of nitrogens with zero attached hydrogens (tertiary/aromatic N) is 2. The van der Waals surface area contributed by atoms with Crippen LogP contribution in [0.4, 0.5) is 28.9 Å². The summed E-state index contributed by atoms with van der Waals surface area (Å²) in [4.78, 5) is 3.49. The summed E-state index contributed by atoms with van der Waals surface area (Å²) in [5, 5.41) is 6.04. The lowest BCUT2D eigenvalue weighted by atomic mass is 10.1. The van der Waals surface area contributed by atoms with Gasteiger partial charge in [-0.1, -0.05) is 0 Å². The van der Waals surface area contributed by atoms with Gasteiger partial charge in [-0.05, 0) is 54.6 Å². The van der Waals surface area contributed by atoms with E-state index in [9.17, 15) is 17.6 Å². The molecule has 9 heteroatoms. The molecule has 4 nitrogen and oxygen atoms in total. The first-order valence-electron chi connectivity index (χ1n) is 8.19. The highest BCUT2D eigenvalue weighted by molar-refractivity contribution is 8.02. The molecule has 1 saturated heterocycles. The van der Waals surface area contributed by atoms with Gasteiger partial charge < -0.3 is 10.3 Å². The van der Waals surface area contributed by atoms with E-state index in [2.05, 4.69) is 15.7 Å². The van der Waals surface area contributed by atoms with Crippen molar-refractivity contribution < 1.29 is 17.6 Å². The van der Waals surface area contributed by atoms with Crippen molar-refractivity contribution in [3.05, 3.63) is 64.7 Å². The Bertz CT molecular complexity index is 794. The Morgan fingerprint density at radius 3 is 2.44 bits per heavy atom. The summed E-state index contributed by atoms with van der Waals surface area (Å²) in [5.41, 5.74) is 4.81. The first-order chi connectivity index (χ1) is 12.9. The summed E-state index contributed by atoms with van der Waals surface area (Å²) in [6.07, 6.45) is -0.538. The fraction of sp³-hybridized carbons (Fsp3) is 0.278. The summed E-state index contributed by atoms with van der Waals surface area (Å²) in [6, 6.07) is 8.51. The predicted molar refractivity (Wildman–Crippen MR) is 99.8 cm³/mol. The predicted octanol–water partition coefficient (Wildman–Crippen LogP) is 4.64. The summed E-state index contributed by atoms with van der Waals surface area (Å²) in [6.45, 7) is 1.14. The fourth-order valence-electron chi connectivity index (χ4n) is 2.68. The summed E-state index contributed by atoms with van der Waals surface area (Å²) < 4.78 is 50.9. The number of hydrazine groups is 1. The van der Waals surface area contributed by atoms with Crippen LogP contribution in [-0.2, 0) is 6.18 Å². The lowest BCUT2D eigenvalue weighted by Crippen LogP contribution is -2.45. The van der Waals surface area contributed by atoms with Gasteiger partial charge in [0.25, 0.3) is 0 Å². The molecule has 0 aliphatic carbocycles.